The van der Waals surface area contributed by atoms with Crippen LogP contribution in [0.4, 0.5) is 8.78 Å². The molecule has 0 radical (unpaired) electrons. The highest BCUT2D eigenvalue weighted by molar-refractivity contribution is 6.30. The van der Waals surface area contributed by atoms with Gasteiger partial charge in [-0.3, -0.25) is 0 Å². The van der Waals surface area contributed by atoms with Gasteiger partial charge in [0.1, 0.15) is 24.3 Å². The van der Waals surface area contributed by atoms with E-state index >= 15 is 0 Å². The van der Waals surface area contributed by atoms with Crippen LogP contribution in [0.15, 0.2) is 36.4 Å². The van der Waals surface area contributed by atoms with Gasteiger partial charge in [-0.05, 0) is 50.2 Å². The van der Waals surface area contributed by atoms with Gasteiger partial charge in [-0.25, -0.2) is 8.78 Å². The Morgan fingerprint density at radius 3 is 2.58 bits per heavy atom. The molecule has 3 nitrogen and oxygen atoms in total. The lowest BCUT2D eigenvalue weighted by Crippen LogP contribution is -2.34. The largest absolute Gasteiger partial charge is 0.490 e. The van der Waals surface area contributed by atoms with E-state index in [-0.39, 0.29) is 18.5 Å². The summed E-state index contributed by atoms with van der Waals surface area (Å²) in [7, 11) is 0. The molecule has 0 spiro atoms. The molecule has 1 saturated heterocycles. The number of nitrogens with one attached hydrogen (secondary N) is 1. The Morgan fingerprint density at radius 2 is 1.83 bits per heavy atom. The first kappa shape index (κ1) is 17.0. The molecule has 0 saturated carbocycles. The maximum absolute atomic E-state index is 13.9. The second-order valence-corrected chi connectivity index (χ2v) is 6.12. The van der Waals surface area contributed by atoms with Crippen molar-refractivity contribution in [2.24, 2.45) is 0 Å². The molecule has 0 aliphatic carbocycles. The maximum Gasteiger partial charge on any atom is 0.165 e. The van der Waals surface area contributed by atoms with Crippen molar-refractivity contribution >= 4 is 11.6 Å². The van der Waals surface area contributed by atoms with Gasteiger partial charge in [-0.15, -0.1) is 0 Å². The van der Waals surface area contributed by atoms with Crippen molar-refractivity contribution in [3.63, 3.8) is 0 Å². The molecule has 0 bridgehead atoms. The van der Waals surface area contributed by atoms with Crippen LogP contribution >= 0.6 is 11.6 Å². The molecule has 1 aliphatic heterocycles. The third kappa shape index (κ3) is 4.36. The van der Waals surface area contributed by atoms with Crippen LogP contribution in [0.25, 0.3) is 0 Å². The summed E-state index contributed by atoms with van der Waals surface area (Å²) in [6, 6.07) is 8.66. The van der Waals surface area contributed by atoms with Crippen LogP contribution in [0.3, 0.4) is 0 Å². The van der Waals surface area contributed by atoms with E-state index in [4.69, 9.17) is 21.1 Å². The number of piperidine rings is 1. The normalized spacial score (nSPS) is 15.3. The highest BCUT2D eigenvalue weighted by atomic mass is 35.5. The van der Waals surface area contributed by atoms with Crippen LogP contribution < -0.4 is 14.8 Å². The predicted octanol–water partition coefficient (Wildman–Crippen LogP) is 4.33. The summed E-state index contributed by atoms with van der Waals surface area (Å²) in [4.78, 5) is 0. The van der Waals surface area contributed by atoms with E-state index in [2.05, 4.69) is 5.32 Å². The minimum Gasteiger partial charge on any atom is -0.490 e. The standard InChI is InChI=1S/C18H18ClF2NO2/c19-13-2-1-12(17(21)9-13)11-23-18-10-15(3-4-16(18)20)24-14-5-7-22-8-6-14/h1-4,9-10,14,22H,5-8,11H2. The summed E-state index contributed by atoms with van der Waals surface area (Å²) in [5, 5.41) is 3.56. The number of halogens is 3. The third-order valence-corrected chi connectivity index (χ3v) is 4.12. The molecule has 0 amide bonds. The van der Waals surface area contributed by atoms with Gasteiger partial charge in [0.05, 0.1) is 0 Å². The zero-order valence-electron chi connectivity index (χ0n) is 13.0. The zero-order chi connectivity index (χ0) is 16.9. The highest BCUT2D eigenvalue weighted by Crippen LogP contribution is 2.27. The molecule has 1 heterocycles. The summed E-state index contributed by atoms with van der Waals surface area (Å²) in [5.41, 5.74) is 0.309. The Hall–Kier alpha value is -1.85. The van der Waals surface area contributed by atoms with Crippen LogP contribution in [0, 0.1) is 11.6 Å². The quantitative estimate of drug-likeness (QED) is 0.868. The lowest BCUT2D eigenvalue weighted by molar-refractivity contribution is 0.161. The highest BCUT2D eigenvalue weighted by Gasteiger charge is 2.16. The van der Waals surface area contributed by atoms with E-state index in [1.165, 1.54) is 24.3 Å². The lowest BCUT2D eigenvalue weighted by atomic mass is 10.1. The van der Waals surface area contributed by atoms with E-state index in [1.807, 2.05) is 0 Å². The fourth-order valence-electron chi connectivity index (χ4n) is 2.57. The Bertz CT molecular complexity index is 705. The average Bonchev–Trinajstić information content (AvgIpc) is 2.57. The SMILES string of the molecule is Fc1cc(Cl)ccc1COc1cc(OC2CCNCC2)ccc1F. The molecule has 128 valence electrons. The van der Waals surface area contributed by atoms with Crippen LogP contribution in [0.5, 0.6) is 11.5 Å². The molecule has 3 rings (SSSR count). The van der Waals surface area contributed by atoms with Crippen LogP contribution in [0.1, 0.15) is 18.4 Å². The summed E-state index contributed by atoms with van der Waals surface area (Å²) in [5.74, 6) is -0.405. The molecule has 2 aromatic carbocycles. The maximum atomic E-state index is 13.9. The van der Waals surface area contributed by atoms with Crippen LogP contribution in [-0.4, -0.2) is 19.2 Å². The van der Waals surface area contributed by atoms with Crippen molar-refractivity contribution in [3.8, 4) is 11.5 Å². The number of rotatable bonds is 5. The first-order valence-electron chi connectivity index (χ1n) is 7.85. The first-order chi connectivity index (χ1) is 11.6. The minimum atomic E-state index is -0.512. The second kappa shape index (κ2) is 7.81. The molecule has 2 aromatic rings. The van der Waals surface area contributed by atoms with Crippen molar-refractivity contribution in [2.45, 2.75) is 25.6 Å². The third-order valence-electron chi connectivity index (χ3n) is 3.89. The van der Waals surface area contributed by atoms with Gasteiger partial charge in [-0.2, -0.15) is 0 Å². The molecule has 0 atom stereocenters. The van der Waals surface area contributed by atoms with Crippen molar-refractivity contribution < 1.29 is 18.3 Å². The Balaban J connectivity index is 1.67. The Morgan fingerprint density at radius 1 is 1.04 bits per heavy atom. The van der Waals surface area contributed by atoms with E-state index in [9.17, 15) is 8.78 Å². The van der Waals surface area contributed by atoms with Gasteiger partial charge < -0.3 is 14.8 Å². The monoisotopic (exact) mass is 353 g/mol. The first-order valence-corrected chi connectivity index (χ1v) is 8.23. The molecule has 1 aliphatic rings. The van der Waals surface area contributed by atoms with Gasteiger partial charge in [0.25, 0.3) is 0 Å². The van der Waals surface area contributed by atoms with E-state index in [0.29, 0.717) is 16.3 Å². The summed E-state index contributed by atoms with van der Waals surface area (Å²) in [6.07, 6.45) is 1.92. The van der Waals surface area contributed by atoms with E-state index < -0.39 is 11.6 Å². The van der Waals surface area contributed by atoms with E-state index in [1.54, 1.807) is 12.1 Å². The Labute approximate surface area is 144 Å². The van der Waals surface area contributed by atoms with Gasteiger partial charge >= 0.3 is 0 Å². The second-order valence-electron chi connectivity index (χ2n) is 5.68. The number of ether oxygens (including phenoxy) is 2. The molecule has 1 fully saturated rings. The fraction of sp³-hybridized carbons (Fsp3) is 0.333. The van der Waals surface area contributed by atoms with Crippen molar-refractivity contribution in [3.05, 3.63) is 58.6 Å². The number of hydrogen-bond acceptors (Lipinski definition) is 3. The average molecular weight is 354 g/mol. The topological polar surface area (TPSA) is 30.5 Å². The molecular weight excluding hydrogens is 336 g/mol. The number of hydrogen-bond donors (Lipinski definition) is 1. The molecule has 6 heteroatoms. The molecule has 1 N–H and O–H groups in total. The van der Waals surface area contributed by atoms with Crippen LogP contribution in [-0.2, 0) is 6.61 Å². The van der Waals surface area contributed by atoms with Crippen molar-refractivity contribution in [1.82, 2.24) is 5.32 Å². The summed E-state index contributed by atoms with van der Waals surface area (Å²) in [6.45, 7) is 1.73. The fourth-order valence-corrected chi connectivity index (χ4v) is 2.73. The van der Waals surface area contributed by atoms with Gasteiger partial charge in [0.2, 0.25) is 0 Å². The van der Waals surface area contributed by atoms with Crippen molar-refractivity contribution in [1.29, 1.82) is 0 Å². The van der Waals surface area contributed by atoms with Crippen LogP contribution in [0.2, 0.25) is 5.02 Å². The van der Waals surface area contributed by atoms with E-state index in [0.717, 1.165) is 25.9 Å². The smallest absolute Gasteiger partial charge is 0.165 e. The molecular formula is C18H18ClF2NO2. The number of benzene rings is 2. The van der Waals surface area contributed by atoms with Gasteiger partial charge in [-0.1, -0.05) is 17.7 Å². The molecule has 0 aromatic heterocycles. The predicted molar refractivity (Wildman–Crippen MR) is 88.7 cm³/mol. The summed E-state index contributed by atoms with van der Waals surface area (Å²) >= 11 is 5.71. The lowest BCUT2D eigenvalue weighted by Gasteiger charge is -2.24. The van der Waals surface area contributed by atoms with Gasteiger partial charge in [0.15, 0.2) is 11.6 Å². The minimum absolute atomic E-state index is 0.0378. The summed E-state index contributed by atoms with van der Waals surface area (Å²) < 4.78 is 39.0. The Kier molecular flexibility index (Phi) is 5.53. The molecule has 0 unspecified atom stereocenters. The van der Waals surface area contributed by atoms with Crippen molar-refractivity contribution in [2.75, 3.05) is 13.1 Å². The molecule has 24 heavy (non-hydrogen) atoms. The zero-order valence-corrected chi connectivity index (χ0v) is 13.8. The van der Waals surface area contributed by atoms with Gasteiger partial charge in [0, 0.05) is 16.7 Å².